The second-order valence-electron chi connectivity index (χ2n) is 3.29. The van der Waals surface area contributed by atoms with Crippen LogP contribution in [0, 0.1) is 0 Å². The molecule has 0 heterocycles. The summed E-state index contributed by atoms with van der Waals surface area (Å²) in [6.07, 6.45) is 1.63. The normalized spacial score (nSPS) is 15.3. The van der Waals surface area contributed by atoms with Gasteiger partial charge in [-0.05, 0) is 19.8 Å². The van der Waals surface area contributed by atoms with Gasteiger partial charge < -0.3 is 15.5 Å². The summed E-state index contributed by atoms with van der Waals surface area (Å²) >= 11 is 0. The van der Waals surface area contributed by atoms with Crippen LogP contribution in [0.15, 0.2) is 0 Å². The molecule has 2 atom stereocenters. The zero-order valence-corrected chi connectivity index (χ0v) is 8.29. The molecule has 4 nitrogen and oxygen atoms in total. The van der Waals surface area contributed by atoms with Crippen LogP contribution in [0.2, 0.25) is 0 Å². The third-order valence-corrected chi connectivity index (χ3v) is 2.02. The lowest BCUT2D eigenvalue weighted by Crippen LogP contribution is -2.38. The van der Waals surface area contributed by atoms with E-state index in [4.69, 9.17) is 10.2 Å². The van der Waals surface area contributed by atoms with Crippen LogP contribution in [-0.4, -0.2) is 34.9 Å². The maximum atomic E-state index is 10.3. The van der Waals surface area contributed by atoms with E-state index in [-0.39, 0.29) is 25.1 Å². The lowest BCUT2D eigenvalue weighted by atomic mass is 10.1. The Bertz CT molecular complexity index is 146. The molecule has 0 radical (unpaired) electrons. The molecule has 13 heavy (non-hydrogen) atoms. The molecule has 3 N–H and O–H groups in total. The van der Waals surface area contributed by atoms with Crippen LogP contribution in [0.3, 0.4) is 0 Å². The quantitative estimate of drug-likeness (QED) is 0.548. The molecule has 0 saturated heterocycles. The van der Waals surface area contributed by atoms with Crippen LogP contribution in [0.4, 0.5) is 0 Å². The van der Waals surface area contributed by atoms with Gasteiger partial charge >= 0.3 is 5.97 Å². The van der Waals surface area contributed by atoms with Crippen molar-refractivity contribution < 1.29 is 15.0 Å². The van der Waals surface area contributed by atoms with Crippen molar-refractivity contribution in [3.8, 4) is 0 Å². The van der Waals surface area contributed by atoms with Crippen molar-refractivity contribution in [3.05, 3.63) is 0 Å². The van der Waals surface area contributed by atoms with Crippen molar-refractivity contribution in [3.63, 3.8) is 0 Å². The van der Waals surface area contributed by atoms with Crippen LogP contribution in [0.25, 0.3) is 0 Å². The summed E-state index contributed by atoms with van der Waals surface area (Å²) in [4.78, 5) is 10.3. The number of carbonyl (C=O) groups is 1. The summed E-state index contributed by atoms with van der Waals surface area (Å²) in [5.41, 5.74) is 0. The third-order valence-electron chi connectivity index (χ3n) is 2.02. The van der Waals surface area contributed by atoms with Crippen molar-refractivity contribution in [2.75, 3.05) is 6.61 Å². The number of nitrogens with one attached hydrogen (secondary N) is 1. The number of carboxylic acid groups (broad SMARTS) is 1. The fraction of sp³-hybridized carbons (Fsp3) is 0.889. The Morgan fingerprint density at radius 2 is 2.15 bits per heavy atom. The maximum Gasteiger partial charge on any atom is 0.303 e. The van der Waals surface area contributed by atoms with Gasteiger partial charge in [-0.25, -0.2) is 0 Å². The van der Waals surface area contributed by atoms with Crippen molar-refractivity contribution >= 4 is 5.97 Å². The number of hydrogen-bond acceptors (Lipinski definition) is 3. The van der Waals surface area contributed by atoms with Gasteiger partial charge in [0.05, 0.1) is 6.61 Å². The number of rotatable bonds is 7. The van der Waals surface area contributed by atoms with Crippen LogP contribution in [0.1, 0.15) is 33.1 Å². The van der Waals surface area contributed by atoms with Gasteiger partial charge in [0.1, 0.15) is 0 Å². The van der Waals surface area contributed by atoms with E-state index in [2.05, 4.69) is 5.32 Å². The van der Waals surface area contributed by atoms with Gasteiger partial charge in [0, 0.05) is 18.5 Å². The maximum absolute atomic E-state index is 10.3. The first kappa shape index (κ1) is 12.4. The minimum atomic E-state index is -0.773. The van der Waals surface area contributed by atoms with Gasteiger partial charge in [0.15, 0.2) is 0 Å². The summed E-state index contributed by atoms with van der Waals surface area (Å²) in [6.45, 7) is 4.02. The number of carboxylic acids is 1. The second-order valence-corrected chi connectivity index (χ2v) is 3.29. The molecular weight excluding hydrogens is 170 g/mol. The molecule has 0 aromatic heterocycles. The van der Waals surface area contributed by atoms with Crippen LogP contribution in [-0.2, 0) is 4.79 Å². The molecular formula is C9H19NO3. The molecule has 78 valence electrons. The van der Waals surface area contributed by atoms with E-state index in [0.717, 1.165) is 6.42 Å². The van der Waals surface area contributed by atoms with Crippen molar-refractivity contribution in [1.82, 2.24) is 5.32 Å². The summed E-state index contributed by atoms with van der Waals surface area (Å²) in [7, 11) is 0. The van der Waals surface area contributed by atoms with E-state index in [0.29, 0.717) is 6.42 Å². The standard InChI is InChI=1S/C9H19NO3/c1-3-8(6-11)10-7(2)4-5-9(12)13/h7-8,10-11H,3-6H2,1-2H3,(H,12,13)/t7?,8-/m1/s1. The Morgan fingerprint density at radius 1 is 1.54 bits per heavy atom. The molecule has 4 heteroatoms. The van der Waals surface area contributed by atoms with E-state index in [1.54, 1.807) is 0 Å². The zero-order chi connectivity index (χ0) is 10.3. The van der Waals surface area contributed by atoms with Gasteiger partial charge in [0.2, 0.25) is 0 Å². The summed E-state index contributed by atoms with van der Waals surface area (Å²) in [6, 6.07) is 0.233. The highest BCUT2D eigenvalue weighted by molar-refractivity contribution is 5.66. The first-order chi connectivity index (χ1) is 6.10. The van der Waals surface area contributed by atoms with Crippen molar-refractivity contribution in [2.45, 2.75) is 45.2 Å². The molecule has 0 saturated carbocycles. The molecule has 0 bridgehead atoms. The molecule has 0 amide bonds. The predicted molar refractivity (Wildman–Crippen MR) is 50.6 cm³/mol. The molecule has 0 aliphatic rings. The van der Waals surface area contributed by atoms with E-state index in [1.165, 1.54) is 0 Å². The Labute approximate surface area is 79.0 Å². The Hall–Kier alpha value is -0.610. The molecule has 0 fully saturated rings. The third kappa shape index (κ3) is 6.54. The fourth-order valence-corrected chi connectivity index (χ4v) is 1.13. The average molecular weight is 189 g/mol. The minimum Gasteiger partial charge on any atom is -0.481 e. The molecule has 1 unspecified atom stereocenters. The van der Waals surface area contributed by atoms with Gasteiger partial charge in [-0.1, -0.05) is 6.92 Å². The highest BCUT2D eigenvalue weighted by Crippen LogP contribution is 1.99. The van der Waals surface area contributed by atoms with E-state index in [1.807, 2.05) is 13.8 Å². The van der Waals surface area contributed by atoms with Crippen LogP contribution in [0.5, 0.6) is 0 Å². The summed E-state index contributed by atoms with van der Waals surface area (Å²) in [5, 5.41) is 20.5. The molecule has 0 aliphatic carbocycles. The van der Waals surface area contributed by atoms with Crippen LogP contribution < -0.4 is 5.32 Å². The Morgan fingerprint density at radius 3 is 2.54 bits per heavy atom. The summed E-state index contributed by atoms with van der Waals surface area (Å²) < 4.78 is 0. The minimum absolute atomic E-state index is 0.0868. The lowest BCUT2D eigenvalue weighted by Gasteiger charge is -2.19. The largest absolute Gasteiger partial charge is 0.481 e. The van der Waals surface area contributed by atoms with E-state index in [9.17, 15) is 4.79 Å². The van der Waals surface area contributed by atoms with E-state index < -0.39 is 5.97 Å². The van der Waals surface area contributed by atoms with Crippen LogP contribution >= 0.6 is 0 Å². The van der Waals surface area contributed by atoms with Gasteiger partial charge in [-0.3, -0.25) is 4.79 Å². The first-order valence-electron chi connectivity index (χ1n) is 4.68. The topological polar surface area (TPSA) is 69.6 Å². The SMILES string of the molecule is CC[C@H](CO)NC(C)CCC(=O)O. The van der Waals surface area contributed by atoms with Gasteiger partial charge in [-0.2, -0.15) is 0 Å². The molecule has 0 aliphatic heterocycles. The number of aliphatic hydroxyl groups is 1. The van der Waals surface area contributed by atoms with Crippen molar-refractivity contribution in [2.24, 2.45) is 0 Å². The highest BCUT2D eigenvalue weighted by atomic mass is 16.4. The smallest absolute Gasteiger partial charge is 0.303 e. The monoisotopic (exact) mass is 189 g/mol. The number of aliphatic hydroxyl groups excluding tert-OH is 1. The fourth-order valence-electron chi connectivity index (χ4n) is 1.13. The van der Waals surface area contributed by atoms with Gasteiger partial charge in [0.25, 0.3) is 0 Å². The Kier molecular flexibility index (Phi) is 6.54. The molecule has 0 aromatic carbocycles. The summed E-state index contributed by atoms with van der Waals surface area (Å²) in [5.74, 6) is -0.773. The number of aliphatic carboxylic acids is 1. The zero-order valence-electron chi connectivity index (χ0n) is 8.29. The number of hydrogen-bond donors (Lipinski definition) is 3. The molecule has 0 aromatic rings. The Balaban J connectivity index is 3.59. The van der Waals surface area contributed by atoms with Gasteiger partial charge in [-0.15, -0.1) is 0 Å². The van der Waals surface area contributed by atoms with Crippen molar-refractivity contribution in [1.29, 1.82) is 0 Å². The lowest BCUT2D eigenvalue weighted by molar-refractivity contribution is -0.137. The second kappa shape index (κ2) is 6.86. The van der Waals surface area contributed by atoms with E-state index >= 15 is 0 Å². The highest BCUT2D eigenvalue weighted by Gasteiger charge is 2.09. The molecule has 0 spiro atoms. The first-order valence-corrected chi connectivity index (χ1v) is 4.68. The average Bonchev–Trinajstić information content (AvgIpc) is 2.10. The molecule has 0 rings (SSSR count). The predicted octanol–water partition coefficient (Wildman–Crippen LogP) is 0.600.